The fourth-order valence-electron chi connectivity index (χ4n) is 0.751. The lowest BCUT2D eigenvalue weighted by molar-refractivity contribution is -0.110. The second kappa shape index (κ2) is 9.34. The summed E-state index contributed by atoms with van der Waals surface area (Å²) in [6, 6.07) is 0.0282. The zero-order valence-electron chi connectivity index (χ0n) is 6.45. The quantitative estimate of drug-likeness (QED) is 0.241. The number of carbonyl (C=O) groups excluding carboxylic acids is 1. The summed E-state index contributed by atoms with van der Waals surface area (Å²) >= 11 is 6.01. The van der Waals surface area contributed by atoms with Crippen LogP contribution in [0.5, 0.6) is 0 Å². The van der Waals surface area contributed by atoms with Crippen molar-refractivity contribution in [3.63, 3.8) is 0 Å². The third-order valence-electron chi connectivity index (χ3n) is 1.42. The Bertz CT molecular complexity index is 134. The summed E-state index contributed by atoms with van der Waals surface area (Å²) < 4.78 is 6.22. The molecule has 12 heavy (non-hydrogen) atoms. The molecular formula is C6H11I3N2O. The van der Waals surface area contributed by atoms with Crippen molar-refractivity contribution in [2.24, 2.45) is 0 Å². The van der Waals surface area contributed by atoms with Crippen molar-refractivity contribution in [1.82, 2.24) is 7.06 Å². The van der Waals surface area contributed by atoms with Crippen molar-refractivity contribution in [1.29, 1.82) is 0 Å². The number of hydrogen-bond donors (Lipinski definition) is 2. The van der Waals surface area contributed by atoms with Crippen molar-refractivity contribution in [3.8, 4) is 0 Å². The zero-order valence-corrected chi connectivity index (χ0v) is 12.9. The molecule has 0 amide bonds. The molecule has 0 aromatic rings. The highest BCUT2D eigenvalue weighted by molar-refractivity contribution is 14.1. The largest absolute Gasteiger partial charge is 0.286 e. The van der Waals surface area contributed by atoms with Crippen molar-refractivity contribution >= 4 is 72.1 Å². The third-order valence-corrected chi connectivity index (χ3v) is 3.46. The topological polar surface area (TPSA) is 41.1 Å². The van der Waals surface area contributed by atoms with Gasteiger partial charge in [0.1, 0.15) is 0 Å². The van der Waals surface area contributed by atoms with Gasteiger partial charge in [-0.1, -0.05) is 6.42 Å². The molecule has 1 atom stereocenters. The van der Waals surface area contributed by atoms with Crippen LogP contribution in [-0.4, -0.2) is 16.4 Å². The number of halogens is 3. The maximum absolute atomic E-state index is 10.9. The molecule has 0 aromatic carbocycles. The van der Waals surface area contributed by atoms with E-state index in [0.29, 0.717) is 0 Å². The van der Waals surface area contributed by atoms with Crippen molar-refractivity contribution in [3.05, 3.63) is 0 Å². The maximum Gasteiger partial charge on any atom is 0.209 e. The average molecular weight is 508 g/mol. The highest BCUT2D eigenvalue weighted by Crippen LogP contribution is 2.06. The minimum atomic E-state index is 0.0282. The van der Waals surface area contributed by atoms with Crippen LogP contribution >= 0.6 is 68.3 Å². The molecule has 0 radical (unpaired) electrons. The smallest absolute Gasteiger partial charge is 0.209 e. The van der Waals surface area contributed by atoms with E-state index in [-0.39, 0.29) is 9.83 Å². The first-order valence-electron chi connectivity index (χ1n) is 3.61. The summed E-state index contributed by atoms with van der Waals surface area (Å²) in [5.74, 6) is 0. The first-order valence-corrected chi connectivity index (χ1v) is 6.85. The number of unbranched alkanes of at least 4 members (excludes halogenated alkanes) is 1. The highest BCUT2D eigenvalue weighted by Gasteiger charge is 2.12. The Kier molecular flexibility index (Phi) is 10.7. The Balaban J connectivity index is 3.38. The van der Waals surface area contributed by atoms with E-state index in [2.05, 4.69) is 29.9 Å². The van der Waals surface area contributed by atoms with Crippen molar-refractivity contribution in [2.45, 2.75) is 25.3 Å². The van der Waals surface area contributed by atoms with E-state index in [1.165, 1.54) is 0 Å². The molecule has 0 bridgehead atoms. The van der Waals surface area contributed by atoms with Crippen molar-refractivity contribution in [2.75, 3.05) is 6.54 Å². The molecule has 0 rings (SSSR count). The molecule has 72 valence electrons. The molecule has 0 aromatic heterocycles. The minimum absolute atomic E-state index is 0.0282. The van der Waals surface area contributed by atoms with Gasteiger partial charge in [-0.05, 0) is 12.8 Å². The lowest BCUT2D eigenvalue weighted by atomic mass is 10.1. The Labute approximate surface area is 114 Å². The molecule has 3 nitrogen and oxygen atoms in total. The van der Waals surface area contributed by atoms with Crippen LogP contribution in [0, 0.1) is 0 Å². The fraction of sp³-hybridized carbons (Fsp3) is 0.833. The Morgan fingerprint density at radius 3 is 2.42 bits per heavy atom. The first kappa shape index (κ1) is 13.8. The lowest BCUT2D eigenvalue weighted by Gasteiger charge is -2.09. The lowest BCUT2D eigenvalue weighted by Crippen LogP contribution is -2.26. The number of hydrogen-bond acceptors (Lipinski definition) is 3. The molecule has 0 aliphatic carbocycles. The van der Waals surface area contributed by atoms with Crippen LogP contribution in [0.15, 0.2) is 0 Å². The molecule has 0 spiro atoms. The van der Waals surface area contributed by atoms with Crippen LogP contribution in [0.4, 0.5) is 0 Å². The Hall–Kier alpha value is 1.78. The van der Waals surface area contributed by atoms with Gasteiger partial charge in [-0.3, -0.25) is 8.32 Å². The molecule has 0 saturated carbocycles. The van der Waals surface area contributed by atoms with Gasteiger partial charge in [0.25, 0.3) is 0 Å². The summed E-state index contributed by atoms with van der Waals surface area (Å²) in [5.41, 5.74) is 0. The monoisotopic (exact) mass is 508 g/mol. The van der Waals surface area contributed by atoms with E-state index < -0.39 is 0 Å². The van der Waals surface area contributed by atoms with E-state index >= 15 is 0 Å². The Morgan fingerprint density at radius 2 is 2.00 bits per heavy atom. The Morgan fingerprint density at radius 1 is 1.33 bits per heavy atom. The first-order chi connectivity index (χ1) is 5.72. The van der Waals surface area contributed by atoms with Gasteiger partial charge in [0, 0.05) is 74.9 Å². The van der Waals surface area contributed by atoms with Gasteiger partial charge >= 0.3 is 0 Å². The van der Waals surface area contributed by atoms with Gasteiger partial charge in [-0.25, -0.2) is 3.53 Å². The number of rotatable bonds is 7. The van der Waals surface area contributed by atoms with Crippen LogP contribution in [-0.2, 0) is 4.79 Å². The molecule has 0 aliphatic rings. The highest BCUT2D eigenvalue weighted by atomic mass is 127. The van der Waals surface area contributed by atoms with Crippen LogP contribution < -0.4 is 7.06 Å². The molecule has 0 saturated heterocycles. The van der Waals surface area contributed by atoms with Crippen LogP contribution in [0.2, 0.25) is 0 Å². The van der Waals surface area contributed by atoms with Gasteiger partial charge in [0.2, 0.25) is 3.79 Å². The predicted octanol–water partition coefficient (Wildman–Crippen LogP) is 2.37. The molecule has 2 N–H and O–H groups in total. The molecule has 0 fully saturated rings. The zero-order chi connectivity index (χ0) is 9.40. The van der Waals surface area contributed by atoms with Crippen LogP contribution in [0.25, 0.3) is 0 Å². The standard InChI is InChI=1S/C6H11I3N2O/c7-6(12)5(11-9)3-1-2-4-10-8/h5,10-11H,1-4H2. The van der Waals surface area contributed by atoms with E-state index in [1.54, 1.807) is 0 Å². The van der Waals surface area contributed by atoms with Crippen molar-refractivity contribution < 1.29 is 4.79 Å². The van der Waals surface area contributed by atoms with Gasteiger partial charge in [-0.2, -0.15) is 0 Å². The molecular weight excluding hydrogens is 497 g/mol. The third kappa shape index (κ3) is 7.21. The molecule has 1 unspecified atom stereocenters. The summed E-state index contributed by atoms with van der Waals surface area (Å²) in [5, 5.41) is 0. The minimum Gasteiger partial charge on any atom is -0.286 e. The van der Waals surface area contributed by atoms with Crippen LogP contribution in [0.1, 0.15) is 19.3 Å². The molecule has 0 aliphatic heterocycles. The molecule has 0 heterocycles. The predicted molar refractivity (Wildman–Crippen MR) is 75.8 cm³/mol. The van der Waals surface area contributed by atoms with E-state index in [4.69, 9.17) is 0 Å². The summed E-state index contributed by atoms with van der Waals surface area (Å²) in [6.07, 6.45) is 3.15. The number of nitrogens with one attached hydrogen (secondary N) is 2. The summed E-state index contributed by atoms with van der Waals surface area (Å²) in [7, 11) is 0. The van der Waals surface area contributed by atoms with Crippen LogP contribution in [0.3, 0.4) is 0 Å². The number of carbonyl (C=O) groups is 1. The summed E-state index contributed by atoms with van der Waals surface area (Å²) in [4.78, 5) is 10.9. The van der Waals surface area contributed by atoms with Gasteiger partial charge < -0.3 is 0 Å². The second-order valence-corrected chi connectivity index (χ2v) is 4.79. The molecule has 6 heteroatoms. The van der Waals surface area contributed by atoms with E-state index in [1.807, 2.05) is 45.5 Å². The SMILES string of the molecule is O=C(I)C(CCCCNI)NI. The van der Waals surface area contributed by atoms with Gasteiger partial charge in [-0.15, -0.1) is 0 Å². The van der Waals surface area contributed by atoms with Gasteiger partial charge in [0.15, 0.2) is 0 Å². The normalized spacial score (nSPS) is 12.9. The van der Waals surface area contributed by atoms with E-state index in [9.17, 15) is 4.79 Å². The maximum atomic E-state index is 10.9. The van der Waals surface area contributed by atoms with E-state index in [0.717, 1.165) is 25.8 Å². The fourth-order valence-corrected chi connectivity index (χ4v) is 2.79. The second-order valence-electron chi connectivity index (χ2n) is 2.35. The average Bonchev–Trinajstić information content (AvgIpc) is 2.04. The summed E-state index contributed by atoms with van der Waals surface area (Å²) in [6.45, 7) is 1.02. The van der Waals surface area contributed by atoms with Gasteiger partial charge in [0.05, 0.1) is 6.04 Å².